The van der Waals surface area contributed by atoms with Gasteiger partial charge in [-0.2, -0.15) is 0 Å². The van der Waals surface area contributed by atoms with E-state index in [1.54, 1.807) is 7.11 Å². The van der Waals surface area contributed by atoms with Gasteiger partial charge in [-0.05, 0) is 18.9 Å². The number of hydrogen-bond acceptors (Lipinski definition) is 5. The van der Waals surface area contributed by atoms with Crippen molar-refractivity contribution in [3.05, 3.63) is 71.8 Å². The lowest BCUT2D eigenvalue weighted by Crippen LogP contribution is -2.09. The third kappa shape index (κ3) is 5.79. The molecule has 0 fully saturated rings. The predicted molar refractivity (Wildman–Crippen MR) is 111 cm³/mol. The fourth-order valence-corrected chi connectivity index (χ4v) is 2.68. The quantitative estimate of drug-likeness (QED) is 0.548. The molecule has 0 spiro atoms. The number of nitrogens with one attached hydrogen (secondary N) is 2. The van der Waals surface area contributed by atoms with E-state index >= 15 is 0 Å². The van der Waals surface area contributed by atoms with Gasteiger partial charge in [0.25, 0.3) is 0 Å². The fraction of sp³-hybridized carbons (Fsp3) is 0.273. The summed E-state index contributed by atoms with van der Waals surface area (Å²) in [5.41, 5.74) is 3.47. The Morgan fingerprint density at radius 1 is 0.889 bits per heavy atom. The summed E-state index contributed by atoms with van der Waals surface area (Å²) in [5.74, 6) is 2.32. The average Bonchev–Trinajstić information content (AvgIpc) is 2.71. The molecule has 0 bridgehead atoms. The second-order valence-corrected chi connectivity index (χ2v) is 6.44. The summed E-state index contributed by atoms with van der Waals surface area (Å²) in [6.07, 6.45) is 0.924. The molecule has 0 unspecified atom stereocenters. The molecule has 140 valence electrons. The van der Waals surface area contributed by atoms with E-state index in [1.165, 1.54) is 11.1 Å². The summed E-state index contributed by atoms with van der Waals surface area (Å²) in [7, 11) is 1.71. The van der Waals surface area contributed by atoms with Gasteiger partial charge in [0.1, 0.15) is 11.6 Å². The van der Waals surface area contributed by atoms with E-state index in [-0.39, 0.29) is 0 Å². The van der Waals surface area contributed by atoms with Crippen LogP contribution in [0.5, 0.6) is 0 Å². The van der Waals surface area contributed by atoms with Crippen LogP contribution >= 0.6 is 0 Å². The van der Waals surface area contributed by atoms with Crippen LogP contribution in [0.2, 0.25) is 0 Å². The van der Waals surface area contributed by atoms with Crippen LogP contribution in [0.1, 0.15) is 17.5 Å². The van der Waals surface area contributed by atoms with Crippen molar-refractivity contribution in [1.29, 1.82) is 0 Å². The Morgan fingerprint density at radius 2 is 1.59 bits per heavy atom. The molecule has 3 aromatic rings. The molecule has 1 aromatic heterocycles. The number of anilines is 2. The largest absolute Gasteiger partial charge is 0.385 e. The monoisotopic (exact) mass is 362 g/mol. The van der Waals surface area contributed by atoms with Gasteiger partial charge in [0.15, 0.2) is 5.82 Å². The van der Waals surface area contributed by atoms with E-state index in [0.29, 0.717) is 12.4 Å². The maximum Gasteiger partial charge on any atom is 0.163 e. The highest BCUT2D eigenvalue weighted by Crippen LogP contribution is 2.20. The fourth-order valence-electron chi connectivity index (χ4n) is 2.68. The molecule has 0 aliphatic carbocycles. The van der Waals surface area contributed by atoms with Crippen LogP contribution < -0.4 is 10.6 Å². The molecule has 5 nitrogen and oxygen atoms in total. The van der Waals surface area contributed by atoms with Crippen molar-refractivity contribution >= 4 is 11.6 Å². The normalized spacial score (nSPS) is 10.6. The number of nitrogens with zero attached hydrogens (tertiary/aromatic N) is 2. The lowest BCUT2D eigenvalue weighted by molar-refractivity contribution is 0.198. The number of methoxy groups -OCH3 is 1. The minimum Gasteiger partial charge on any atom is -0.385 e. The Balaban J connectivity index is 1.77. The van der Waals surface area contributed by atoms with E-state index < -0.39 is 0 Å². The number of aromatic nitrogens is 2. The second-order valence-electron chi connectivity index (χ2n) is 6.44. The highest BCUT2D eigenvalue weighted by Gasteiger charge is 2.07. The molecule has 0 radical (unpaired) electrons. The number of ether oxygens (including phenoxy) is 1. The van der Waals surface area contributed by atoms with Crippen molar-refractivity contribution in [2.24, 2.45) is 0 Å². The molecule has 0 amide bonds. The predicted octanol–water partition coefficient (Wildman–Crippen LogP) is 4.51. The van der Waals surface area contributed by atoms with Gasteiger partial charge < -0.3 is 15.4 Å². The minimum atomic E-state index is 0.707. The molecular formula is C22H26N4O. The summed E-state index contributed by atoms with van der Waals surface area (Å²) in [6, 6.07) is 20.5. The summed E-state index contributed by atoms with van der Waals surface area (Å²) in [6.45, 7) is 4.34. The Labute approximate surface area is 160 Å². The van der Waals surface area contributed by atoms with Gasteiger partial charge >= 0.3 is 0 Å². The summed E-state index contributed by atoms with van der Waals surface area (Å²) in [4.78, 5) is 9.36. The van der Waals surface area contributed by atoms with Gasteiger partial charge in [-0.15, -0.1) is 0 Å². The molecule has 3 rings (SSSR count). The third-order valence-corrected chi connectivity index (χ3v) is 4.18. The highest BCUT2D eigenvalue weighted by molar-refractivity contribution is 5.61. The van der Waals surface area contributed by atoms with Gasteiger partial charge in [0, 0.05) is 38.4 Å². The van der Waals surface area contributed by atoms with Gasteiger partial charge in [-0.25, -0.2) is 9.97 Å². The Kier molecular flexibility index (Phi) is 6.77. The van der Waals surface area contributed by atoms with Gasteiger partial charge in [-0.1, -0.05) is 60.2 Å². The number of hydrogen-bond donors (Lipinski definition) is 2. The standard InChI is InChI=1S/C22H26N4O/c1-17-9-11-18(12-10-17)16-24-21-15-20(23-13-6-14-27-2)25-22(26-21)19-7-4-3-5-8-19/h3-5,7-12,15H,6,13-14,16H2,1-2H3,(H2,23,24,25,26). The van der Waals surface area contributed by atoms with Crippen molar-refractivity contribution in [2.75, 3.05) is 30.9 Å². The van der Waals surface area contributed by atoms with E-state index in [2.05, 4.69) is 46.8 Å². The third-order valence-electron chi connectivity index (χ3n) is 4.18. The molecule has 2 N–H and O–H groups in total. The van der Waals surface area contributed by atoms with Crippen LogP contribution in [0.15, 0.2) is 60.7 Å². The zero-order valence-corrected chi connectivity index (χ0v) is 15.9. The van der Waals surface area contributed by atoms with Crippen LogP contribution in [0, 0.1) is 6.92 Å². The van der Waals surface area contributed by atoms with Crippen molar-refractivity contribution < 1.29 is 4.74 Å². The maximum absolute atomic E-state index is 5.11. The molecule has 0 aliphatic rings. The first-order valence-corrected chi connectivity index (χ1v) is 9.21. The first-order valence-electron chi connectivity index (χ1n) is 9.21. The highest BCUT2D eigenvalue weighted by atomic mass is 16.5. The SMILES string of the molecule is COCCCNc1cc(NCc2ccc(C)cc2)nc(-c2ccccc2)n1. The zero-order valence-electron chi connectivity index (χ0n) is 15.9. The minimum absolute atomic E-state index is 0.707. The Hall–Kier alpha value is -2.92. The van der Waals surface area contributed by atoms with Crippen molar-refractivity contribution in [2.45, 2.75) is 19.9 Å². The van der Waals surface area contributed by atoms with Gasteiger partial charge in [0.05, 0.1) is 0 Å². The zero-order chi connectivity index (χ0) is 18.9. The number of rotatable bonds is 9. The van der Waals surface area contributed by atoms with Crippen LogP contribution in [-0.4, -0.2) is 30.2 Å². The van der Waals surface area contributed by atoms with Crippen molar-refractivity contribution in [1.82, 2.24) is 9.97 Å². The van der Waals surface area contributed by atoms with E-state index in [9.17, 15) is 0 Å². The molecule has 0 saturated heterocycles. The summed E-state index contributed by atoms with van der Waals surface area (Å²) < 4.78 is 5.11. The number of aryl methyl sites for hydroxylation is 1. The second kappa shape index (κ2) is 9.69. The van der Waals surface area contributed by atoms with Crippen molar-refractivity contribution in [3.8, 4) is 11.4 Å². The lowest BCUT2D eigenvalue weighted by Gasteiger charge is -2.12. The van der Waals surface area contributed by atoms with Crippen LogP contribution in [0.25, 0.3) is 11.4 Å². The molecule has 0 atom stereocenters. The first-order chi connectivity index (χ1) is 13.2. The molecule has 5 heteroatoms. The van der Waals surface area contributed by atoms with Crippen molar-refractivity contribution in [3.63, 3.8) is 0 Å². The van der Waals surface area contributed by atoms with Gasteiger partial charge in [0.2, 0.25) is 0 Å². The van der Waals surface area contributed by atoms with E-state index in [0.717, 1.165) is 36.8 Å². The number of benzene rings is 2. The maximum atomic E-state index is 5.11. The summed E-state index contributed by atoms with van der Waals surface area (Å²) in [5, 5.41) is 6.78. The van der Waals surface area contributed by atoms with Crippen LogP contribution in [0.4, 0.5) is 11.6 Å². The molecule has 2 aromatic carbocycles. The topological polar surface area (TPSA) is 59.1 Å². The smallest absolute Gasteiger partial charge is 0.163 e. The van der Waals surface area contributed by atoms with E-state index in [4.69, 9.17) is 9.72 Å². The molecule has 1 heterocycles. The van der Waals surface area contributed by atoms with Crippen LogP contribution in [0.3, 0.4) is 0 Å². The molecular weight excluding hydrogens is 336 g/mol. The lowest BCUT2D eigenvalue weighted by atomic mass is 10.1. The average molecular weight is 362 g/mol. The summed E-state index contributed by atoms with van der Waals surface area (Å²) >= 11 is 0. The molecule has 0 aliphatic heterocycles. The Morgan fingerprint density at radius 3 is 2.30 bits per heavy atom. The van der Waals surface area contributed by atoms with Gasteiger partial charge in [-0.3, -0.25) is 0 Å². The molecule has 0 saturated carbocycles. The van der Waals surface area contributed by atoms with E-state index in [1.807, 2.05) is 36.4 Å². The van der Waals surface area contributed by atoms with Crippen LogP contribution in [-0.2, 0) is 11.3 Å². The first kappa shape index (κ1) is 18.9. The Bertz CT molecular complexity index is 835. The molecule has 27 heavy (non-hydrogen) atoms.